The molecule has 31 heteroatoms. The summed E-state index contributed by atoms with van der Waals surface area (Å²) in [7, 11) is 0. The van der Waals surface area contributed by atoms with Gasteiger partial charge < -0.3 is 90.7 Å². The van der Waals surface area contributed by atoms with Gasteiger partial charge in [0, 0.05) is 61.7 Å². The van der Waals surface area contributed by atoms with E-state index in [1.807, 2.05) is 11.8 Å². The molecule has 3 aliphatic heterocycles. The molecule has 0 bridgehead atoms. The van der Waals surface area contributed by atoms with Crippen LogP contribution in [0, 0.1) is 11.8 Å². The zero-order chi connectivity index (χ0) is 66.2. The number of H-pyrrole nitrogens is 1. The van der Waals surface area contributed by atoms with Gasteiger partial charge >= 0.3 is 18.0 Å². The fourth-order valence-electron chi connectivity index (χ4n) is 10.4. The number of amides is 10. The average molecular weight is 1280 g/mol. The Morgan fingerprint density at radius 3 is 1.92 bits per heavy atom. The maximum absolute atomic E-state index is 14.5. The summed E-state index contributed by atoms with van der Waals surface area (Å²) in [5.74, 6) is -8.80. The van der Waals surface area contributed by atoms with Gasteiger partial charge in [0.15, 0.2) is 5.96 Å². The van der Waals surface area contributed by atoms with Gasteiger partial charge in [0.05, 0.1) is 30.9 Å². The number of guanidine groups is 1. The first-order valence-electron chi connectivity index (χ1n) is 29.8. The molecule has 3 aliphatic rings. The second kappa shape index (κ2) is 35.3. The van der Waals surface area contributed by atoms with Crippen molar-refractivity contribution in [2.24, 2.45) is 39.8 Å². The number of phenolic OH excluding ortho intramolecular Hbond substituents is 1. The molecular formula is C59H86N16O14S. The van der Waals surface area contributed by atoms with Gasteiger partial charge in [-0.15, -0.1) is 0 Å². The highest BCUT2D eigenvalue weighted by Gasteiger charge is 2.43. The van der Waals surface area contributed by atoms with Crippen molar-refractivity contribution in [3.05, 3.63) is 83.9 Å². The first-order valence-corrected chi connectivity index (χ1v) is 30.9. The van der Waals surface area contributed by atoms with Crippen LogP contribution in [0.25, 0.3) is 0 Å². The number of aromatic amines is 1. The number of urea groups is 1. The number of aliphatic imine (C=N–C) groups is 1. The molecule has 90 heavy (non-hydrogen) atoms. The number of carbonyl (C=O) groups excluding carboxylic acids is 9. The van der Waals surface area contributed by atoms with Crippen molar-refractivity contribution < 1.29 is 68.1 Å². The number of aliphatic carboxylic acids is 2. The Kier molecular flexibility index (Phi) is 28.1. The summed E-state index contributed by atoms with van der Waals surface area (Å²) in [6, 6.07) is 4.61. The molecule has 1 aromatic heterocycles. The zero-order valence-corrected chi connectivity index (χ0v) is 51.7. The molecule has 0 aliphatic carbocycles. The number of carboxylic acid groups (broad SMARTS) is 2. The van der Waals surface area contributed by atoms with Crippen LogP contribution in [-0.4, -0.2) is 186 Å². The van der Waals surface area contributed by atoms with Crippen LogP contribution in [0.2, 0.25) is 0 Å². The maximum Gasteiger partial charge on any atom is 0.326 e. The van der Waals surface area contributed by atoms with Crippen molar-refractivity contribution in [2.75, 3.05) is 18.8 Å². The summed E-state index contributed by atoms with van der Waals surface area (Å²) in [6.45, 7) is 6.77. The highest BCUT2D eigenvalue weighted by Crippen LogP contribution is 2.33. The summed E-state index contributed by atoms with van der Waals surface area (Å²) in [5, 5.41) is 50.7. The number of thioether (sulfide) groups is 1. The largest absolute Gasteiger partial charge is 0.508 e. The Balaban J connectivity index is 0.000000790. The van der Waals surface area contributed by atoms with E-state index in [0.29, 0.717) is 28.5 Å². The zero-order valence-electron chi connectivity index (χ0n) is 50.9. The number of rotatable bonds is 33. The quantitative estimate of drug-likeness (QED) is 0.0143. The van der Waals surface area contributed by atoms with Crippen LogP contribution < -0.4 is 65.5 Å². The third kappa shape index (κ3) is 22.9. The number of unbranched alkanes of at least 4 members (excludes halogenated alkanes) is 1. The van der Waals surface area contributed by atoms with Crippen molar-refractivity contribution in [2.45, 2.75) is 170 Å². The van der Waals surface area contributed by atoms with Crippen molar-refractivity contribution in [3.8, 4) is 5.75 Å². The monoisotopic (exact) mass is 1270 g/mol. The minimum atomic E-state index is -1.41. The number of imidazole rings is 1. The Morgan fingerprint density at radius 1 is 0.722 bits per heavy atom. The van der Waals surface area contributed by atoms with E-state index in [9.17, 15) is 63.0 Å². The van der Waals surface area contributed by atoms with Gasteiger partial charge in [0.2, 0.25) is 47.3 Å². The van der Waals surface area contributed by atoms with E-state index in [1.54, 1.807) is 58.0 Å². The number of hydrogen-bond donors (Lipinski definition) is 16. The number of hydrogen-bond acceptors (Lipinski definition) is 16. The van der Waals surface area contributed by atoms with Crippen molar-refractivity contribution in [1.29, 1.82) is 0 Å². The molecule has 3 saturated heterocycles. The molecule has 0 unspecified atom stereocenters. The summed E-state index contributed by atoms with van der Waals surface area (Å²) in [4.78, 5) is 155. The predicted octanol–water partition coefficient (Wildman–Crippen LogP) is -1.51. The summed E-state index contributed by atoms with van der Waals surface area (Å²) in [6.07, 6.45) is 5.74. The van der Waals surface area contributed by atoms with E-state index in [-0.39, 0.29) is 87.9 Å². The van der Waals surface area contributed by atoms with Gasteiger partial charge in [-0.05, 0) is 73.6 Å². The lowest BCUT2D eigenvalue weighted by atomic mass is 9.98. The van der Waals surface area contributed by atoms with E-state index in [0.717, 1.165) is 25.0 Å². The first kappa shape index (κ1) is 71.8. The molecular weight excluding hydrogens is 1190 g/mol. The average Bonchev–Trinajstić information content (AvgIpc) is 4.55. The van der Waals surface area contributed by atoms with Crippen LogP contribution in [-0.2, 0) is 67.2 Å². The van der Waals surface area contributed by atoms with Crippen LogP contribution in [0.4, 0.5) is 4.79 Å². The first-order chi connectivity index (χ1) is 42.7. The van der Waals surface area contributed by atoms with Gasteiger partial charge in [-0.1, -0.05) is 76.6 Å². The number of benzene rings is 2. The number of aromatic nitrogens is 2. The van der Waals surface area contributed by atoms with Crippen LogP contribution in [0.1, 0.15) is 102 Å². The van der Waals surface area contributed by atoms with Crippen LogP contribution in [0.5, 0.6) is 5.75 Å². The Bertz CT molecular complexity index is 2970. The number of fused-ring (bicyclic) bond motifs is 1. The fraction of sp³-hybridized carbons (Fsp3) is 0.542. The van der Waals surface area contributed by atoms with Crippen molar-refractivity contribution >= 4 is 82.9 Å². The number of nitrogens with zero attached hydrogens (tertiary/aromatic N) is 3. The molecule has 30 nitrogen and oxygen atoms in total. The third-order valence-electron chi connectivity index (χ3n) is 15.2. The lowest BCUT2D eigenvalue weighted by Gasteiger charge is -2.31. The summed E-state index contributed by atoms with van der Waals surface area (Å²) < 4.78 is 0. The van der Waals surface area contributed by atoms with Crippen LogP contribution in [0.15, 0.2) is 72.1 Å². The van der Waals surface area contributed by atoms with Crippen LogP contribution in [0.3, 0.4) is 0 Å². The molecule has 492 valence electrons. The SMILES string of the molecule is CC(C)[C@H](NC(=O)[C@H](CCCN=C(N)N)NC(=O)[C@@H](N)CC(N)=O)C(=O)N[C@@H](Cc1ccc(O)cc1)C(=O)N[C@H](C(=O)N[C@@H](Cc1cnc[nH]1)C(=O)N1CCC[C@H]1C(=O)N[C@@H](Cc1ccccc1)C(=O)O)C(C)C.O=C(O)CCCC[C@@H]1SC[C@@H]2NC(=O)N[C@@H]21. The second-order valence-electron chi connectivity index (χ2n) is 23.1. The van der Waals surface area contributed by atoms with Crippen LogP contribution >= 0.6 is 11.8 Å². The minimum absolute atomic E-state index is 0.000444. The van der Waals surface area contributed by atoms with E-state index in [1.165, 1.54) is 41.7 Å². The normalized spacial score (nSPS) is 18.9. The smallest absolute Gasteiger partial charge is 0.326 e. The number of carbonyl (C=O) groups is 11. The summed E-state index contributed by atoms with van der Waals surface area (Å²) >= 11 is 1.87. The molecule has 3 aromatic rings. The van der Waals surface area contributed by atoms with Gasteiger partial charge in [-0.2, -0.15) is 11.8 Å². The van der Waals surface area contributed by atoms with Gasteiger partial charge in [-0.3, -0.25) is 48.1 Å². The standard InChI is InChI=1S/C49H70N14O11.C10H16N2O3S/c1-26(2)39(61-42(67)33(12-8-18-55-49(52)53)57-41(66)32(50)23-38(51)65)45(70)58-34(20-29-14-16-31(64)17-15-29)43(68)62-40(27(3)4)46(71)59-35(22-30-24-54-25-56-30)47(72)63-19-9-13-37(63)44(69)60-36(48(73)74)21-28-10-6-5-7-11-28;13-8(14)4-2-1-3-7-9-6(5-16-7)11-10(15)12-9/h5-7,10-11,14-17,24-27,32-37,39-40,64H,8-9,12-13,18-23,50H2,1-4H3,(H2,51,65)(H,54,56)(H,57,66)(H,58,70)(H,59,71)(H,60,69)(H,61,67)(H,62,68)(H,73,74)(H4,52,53,55);6-7,9H,1-5H2,(H,13,14)(H2,11,12,15)/t32-,33-,34-,35-,36-,37-,39-,40-;6-,7-,9-/m00/s1. The van der Waals surface area contributed by atoms with Crippen molar-refractivity contribution in [3.63, 3.8) is 0 Å². The third-order valence-corrected chi connectivity index (χ3v) is 16.7. The molecule has 20 N–H and O–H groups in total. The molecule has 0 radical (unpaired) electrons. The molecule has 0 spiro atoms. The molecule has 3 fully saturated rings. The number of nitrogens with one attached hydrogen (secondary N) is 9. The molecule has 10 amide bonds. The highest BCUT2D eigenvalue weighted by atomic mass is 32.2. The molecule has 0 saturated carbocycles. The maximum atomic E-state index is 14.5. The van der Waals surface area contributed by atoms with Gasteiger partial charge in [0.1, 0.15) is 48.0 Å². The summed E-state index contributed by atoms with van der Waals surface area (Å²) in [5.41, 5.74) is 23.5. The van der Waals surface area contributed by atoms with E-state index >= 15 is 0 Å². The fourth-order valence-corrected chi connectivity index (χ4v) is 12.0. The predicted molar refractivity (Wildman–Crippen MR) is 331 cm³/mol. The molecule has 6 rings (SSSR count). The lowest BCUT2D eigenvalue weighted by molar-refractivity contribution is -0.145. The second-order valence-corrected chi connectivity index (χ2v) is 24.3. The minimum Gasteiger partial charge on any atom is -0.508 e. The molecule has 2 aromatic carbocycles. The number of primary amides is 1. The Hall–Kier alpha value is -9.00. The number of phenols is 1. The number of aromatic hydroxyl groups is 1. The molecule has 11 atom stereocenters. The van der Waals surface area contributed by atoms with E-state index in [4.69, 9.17) is 28.0 Å². The highest BCUT2D eigenvalue weighted by molar-refractivity contribution is 8.00. The topological polar surface area (TPSA) is 493 Å². The van der Waals surface area contributed by atoms with E-state index in [2.05, 4.69) is 57.5 Å². The van der Waals surface area contributed by atoms with Crippen molar-refractivity contribution in [1.82, 2.24) is 57.4 Å². The van der Waals surface area contributed by atoms with Gasteiger partial charge in [0.25, 0.3) is 0 Å². The Morgan fingerprint density at radius 2 is 1.33 bits per heavy atom. The Labute approximate surface area is 525 Å². The van der Waals surface area contributed by atoms with E-state index < -0.39 is 126 Å². The molecule has 4 heterocycles. The number of carboxylic acids is 2. The van der Waals surface area contributed by atoms with Gasteiger partial charge in [-0.25, -0.2) is 14.6 Å². The number of nitrogens with two attached hydrogens (primary N) is 4. The number of likely N-dealkylation sites (tertiary alicyclic amines) is 1. The lowest BCUT2D eigenvalue weighted by Crippen LogP contribution is -2.62.